The van der Waals surface area contributed by atoms with Crippen molar-refractivity contribution in [3.05, 3.63) is 35.4 Å². The zero-order valence-electron chi connectivity index (χ0n) is 12.1. The van der Waals surface area contributed by atoms with Gasteiger partial charge in [0.1, 0.15) is 0 Å². The molecule has 0 unspecified atom stereocenters. The van der Waals surface area contributed by atoms with E-state index in [1.54, 1.807) is 0 Å². The SMILES string of the molecule is CCCCCc1ccc(C2(C#N)CCCCC2)cc1. The van der Waals surface area contributed by atoms with E-state index in [0.29, 0.717) is 0 Å². The third-order valence-corrected chi connectivity index (χ3v) is 4.50. The molecule has 0 aliphatic heterocycles. The molecule has 0 N–H and O–H groups in total. The zero-order valence-corrected chi connectivity index (χ0v) is 12.1. The van der Waals surface area contributed by atoms with Crippen LogP contribution in [0.25, 0.3) is 0 Å². The second kappa shape index (κ2) is 6.75. The first-order valence-electron chi connectivity index (χ1n) is 7.81. The summed E-state index contributed by atoms with van der Waals surface area (Å²) in [5.41, 5.74) is 2.47. The van der Waals surface area contributed by atoms with Gasteiger partial charge in [-0.1, -0.05) is 63.3 Å². The van der Waals surface area contributed by atoms with Gasteiger partial charge >= 0.3 is 0 Å². The minimum Gasteiger partial charge on any atom is -0.197 e. The van der Waals surface area contributed by atoms with Crippen molar-refractivity contribution in [3.8, 4) is 6.07 Å². The Kier molecular flexibility index (Phi) is 5.02. The van der Waals surface area contributed by atoms with Gasteiger partial charge in [0.25, 0.3) is 0 Å². The molecule has 0 radical (unpaired) electrons. The molecule has 0 spiro atoms. The smallest absolute Gasteiger partial charge is 0.0822 e. The lowest BCUT2D eigenvalue weighted by molar-refractivity contribution is 0.366. The molecule has 2 rings (SSSR count). The maximum Gasteiger partial charge on any atom is 0.0822 e. The van der Waals surface area contributed by atoms with Gasteiger partial charge < -0.3 is 0 Å². The van der Waals surface area contributed by atoms with E-state index in [2.05, 4.69) is 37.3 Å². The summed E-state index contributed by atoms with van der Waals surface area (Å²) in [6.45, 7) is 2.24. The van der Waals surface area contributed by atoms with Crippen molar-refractivity contribution >= 4 is 0 Å². The molecular formula is C18H25N. The van der Waals surface area contributed by atoms with Crippen LogP contribution in [0.4, 0.5) is 0 Å². The number of rotatable bonds is 5. The van der Waals surface area contributed by atoms with Gasteiger partial charge in [0.15, 0.2) is 0 Å². The maximum absolute atomic E-state index is 9.59. The largest absolute Gasteiger partial charge is 0.197 e. The lowest BCUT2D eigenvalue weighted by Gasteiger charge is -2.31. The molecule has 1 heteroatoms. The minimum absolute atomic E-state index is 0.194. The van der Waals surface area contributed by atoms with Gasteiger partial charge in [-0.15, -0.1) is 0 Å². The van der Waals surface area contributed by atoms with E-state index in [-0.39, 0.29) is 5.41 Å². The van der Waals surface area contributed by atoms with Crippen LogP contribution >= 0.6 is 0 Å². The predicted molar refractivity (Wildman–Crippen MR) is 80.0 cm³/mol. The predicted octanol–water partition coefficient (Wildman–Crippen LogP) is 5.14. The number of hydrogen-bond donors (Lipinski definition) is 0. The molecule has 1 aromatic carbocycles. The van der Waals surface area contributed by atoms with Gasteiger partial charge in [0.2, 0.25) is 0 Å². The highest BCUT2D eigenvalue weighted by molar-refractivity contribution is 5.35. The van der Waals surface area contributed by atoms with E-state index < -0.39 is 0 Å². The Bertz CT molecular complexity index is 418. The molecule has 1 fully saturated rings. The van der Waals surface area contributed by atoms with Crippen LogP contribution in [-0.4, -0.2) is 0 Å². The van der Waals surface area contributed by atoms with Crippen LogP contribution in [0.1, 0.15) is 69.4 Å². The lowest BCUT2D eigenvalue weighted by Crippen LogP contribution is -2.26. The monoisotopic (exact) mass is 255 g/mol. The Hall–Kier alpha value is -1.29. The van der Waals surface area contributed by atoms with E-state index in [0.717, 1.165) is 12.8 Å². The van der Waals surface area contributed by atoms with Crippen molar-refractivity contribution in [2.45, 2.75) is 70.1 Å². The first kappa shape index (κ1) is 14.1. The standard InChI is InChI=1S/C18H25N/c1-2-3-5-8-16-9-11-17(12-10-16)18(15-19)13-6-4-7-14-18/h9-12H,2-8,13-14H2,1H3. The molecule has 1 saturated carbocycles. The van der Waals surface area contributed by atoms with E-state index in [1.807, 2.05) is 0 Å². The Morgan fingerprint density at radius 2 is 1.74 bits per heavy atom. The van der Waals surface area contributed by atoms with Crippen LogP contribution in [0.5, 0.6) is 0 Å². The van der Waals surface area contributed by atoms with E-state index in [1.165, 1.54) is 56.1 Å². The third kappa shape index (κ3) is 3.38. The van der Waals surface area contributed by atoms with Crippen LogP contribution in [-0.2, 0) is 11.8 Å². The van der Waals surface area contributed by atoms with Gasteiger partial charge in [0.05, 0.1) is 11.5 Å². The molecule has 0 atom stereocenters. The number of benzene rings is 1. The van der Waals surface area contributed by atoms with Gasteiger partial charge in [-0.25, -0.2) is 0 Å². The molecule has 0 bridgehead atoms. The molecule has 0 heterocycles. The van der Waals surface area contributed by atoms with Crippen LogP contribution in [0, 0.1) is 11.3 Å². The average Bonchev–Trinajstić information content (AvgIpc) is 2.49. The highest BCUT2D eigenvalue weighted by Gasteiger charge is 2.33. The van der Waals surface area contributed by atoms with Crippen molar-refractivity contribution in [2.24, 2.45) is 0 Å². The van der Waals surface area contributed by atoms with E-state index in [9.17, 15) is 5.26 Å². The average molecular weight is 255 g/mol. The molecule has 1 aliphatic rings. The van der Waals surface area contributed by atoms with E-state index in [4.69, 9.17) is 0 Å². The van der Waals surface area contributed by atoms with Crippen LogP contribution in [0.2, 0.25) is 0 Å². The Labute approximate surface area is 117 Å². The molecular weight excluding hydrogens is 230 g/mol. The summed E-state index contributed by atoms with van der Waals surface area (Å²) >= 11 is 0. The van der Waals surface area contributed by atoms with Gasteiger partial charge in [-0.05, 0) is 36.8 Å². The number of aryl methyl sites for hydroxylation is 1. The third-order valence-electron chi connectivity index (χ3n) is 4.50. The second-order valence-corrected chi connectivity index (χ2v) is 5.91. The highest BCUT2D eigenvalue weighted by atomic mass is 14.4. The molecule has 0 amide bonds. The van der Waals surface area contributed by atoms with Crippen LogP contribution in [0.3, 0.4) is 0 Å². The fraction of sp³-hybridized carbons (Fsp3) is 0.611. The Morgan fingerprint density at radius 1 is 1.05 bits per heavy atom. The fourth-order valence-corrected chi connectivity index (χ4v) is 3.19. The first-order chi connectivity index (χ1) is 9.30. The van der Waals surface area contributed by atoms with Crippen molar-refractivity contribution < 1.29 is 0 Å². The summed E-state index contributed by atoms with van der Waals surface area (Å²) in [4.78, 5) is 0. The molecule has 102 valence electrons. The summed E-state index contributed by atoms with van der Waals surface area (Å²) in [7, 11) is 0. The minimum atomic E-state index is -0.194. The van der Waals surface area contributed by atoms with Crippen molar-refractivity contribution in [1.82, 2.24) is 0 Å². The number of nitriles is 1. The summed E-state index contributed by atoms with van der Waals surface area (Å²) in [5, 5.41) is 9.59. The lowest BCUT2D eigenvalue weighted by atomic mass is 9.70. The first-order valence-corrected chi connectivity index (χ1v) is 7.81. The zero-order chi connectivity index (χ0) is 13.6. The number of nitrogens with zero attached hydrogens (tertiary/aromatic N) is 1. The summed E-state index contributed by atoms with van der Waals surface area (Å²) in [5.74, 6) is 0. The summed E-state index contributed by atoms with van der Waals surface area (Å²) in [6.07, 6.45) is 10.8. The van der Waals surface area contributed by atoms with Crippen LogP contribution < -0.4 is 0 Å². The summed E-state index contributed by atoms with van der Waals surface area (Å²) in [6, 6.07) is 11.5. The van der Waals surface area contributed by atoms with Gasteiger partial charge in [0, 0.05) is 0 Å². The number of hydrogen-bond acceptors (Lipinski definition) is 1. The maximum atomic E-state index is 9.59. The van der Waals surface area contributed by atoms with Crippen molar-refractivity contribution in [1.29, 1.82) is 5.26 Å². The molecule has 1 aliphatic carbocycles. The van der Waals surface area contributed by atoms with Crippen LogP contribution in [0.15, 0.2) is 24.3 Å². The Morgan fingerprint density at radius 3 is 2.32 bits per heavy atom. The molecule has 19 heavy (non-hydrogen) atoms. The summed E-state index contributed by atoms with van der Waals surface area (Å²) < 4.78 is 0. The van der Waals surface area contributed by atoms with E-state index >= 15 is 0 Å². The van der Waals surface area contributed by atoms with Crippen molar-refractivity contribution in [3.63, 3.8) is 0 Å². The number of unbranched alkanes of at least 4 members (excludes halogenated alkanes) is 2. The quantitative estimate of drug-likeness (QED) is 0.668. The Balaban J connectivity index is 2.06. The molecule has 0 aromatic heterocycles. The fourth-order valence-electron chi connectivity index (χ4n) is 3.19. The molecule has 1 aromatic rings. The molecule has 0 saturated heterocycles. The highest BCUT2D eigenvalue weighted by Crippen LogP contribution is 2.38. The molecule has 1 nitrogen and oxygen atoms in total. The van der Waals surface area contributed by atoms with Crippen molar-refractivity contribution in [2.75, 3.05) is 0 Å². The van der Waals surface area contributed by atoms with Gasteiger partial charge in [-0.3, -0.25) is 0 Å². The second-order valence-electron chi connectivity index (χ2n) is 5.91. The van der Waals surface area contributed by atoms with Gasteiger partial charge in [-0.2, -0.15) is 5.26 Å². The normalized spacial score (nSPS) is 17.9. The topological polar surface area (TPSA) is 23.8 Å².